The van der Waals surface area contributed by atoms with Crippen molar-refractivity contribution in [3.63, 3.8) is 0 Å². The molecule has 0 aliphatic heterocycles. The van der Waals surface area contributed by atoms with Crippen LogP contribution < -0.4 is 4.74 Å². The average Bonchev–Trinajstić information content (AvgIpc) is 2.47. The zero-order valence-electron chi connectivity index (χ0n) is 12.4. The minimum Gasteiger partial charge on any atom is -0.488 e. The smallest absolute Gasteiger partial charge is 0.166 e. The predicted molar refractivity (Wildman–Crippen MR) is 86.2 cm³/mol. The van der Waals surface area contributed by atoms with Gasteiger partial charge in [0.15, 0.2) is 5.78 Å². The molecule has 0 aliphatic rings. The van der Waals surface area contributed by atoms with Crippen LogP contribution in [0.5, 0.6) is 5.75 Å². The van der Waals surface area contributed by atoms with Crippen LogP contribution in [0.1, 0.15) is 41.3 Å². The van der Waals surface area contributed by atoms with Crippen molar-refractivity contribution in [3.8, 4) is 5.75 Å². The number of hydrogen-bond acceptors (Lipinski definition) is 2. The van der Waals surface area contributed by atoms with Crippen LogP contribution in [0.15, 0.2) is 42.5 Å². The standard InChI is InChI=1S/C18H19ClO2/c1-3-6-17(20)15-11-13(2)9-10-18(15)21-12-14-7-4-5-8-16(14)19/h4-5,7-11H,3,6,12H2,1-2H3. The Morgan fingerprint density at radius 1 is 1.19 bits per heavy atom. The fourth-order valence-corrected chi connectivity index (χ4v) is 2.31. The Morgan fingerprint density at radius 2 is 1.95 bits per heavy atom. The second-order valence-corrected chi connectivity index (χ2v) is 5.46. The van der Waals surface area contributed by atoms with E-state index in [1.165, 1.54) is 0 Å². The van der Waals surface area contributed by atoms with Crippen molar-refractivity contribution in [2.75, 3.05) is 0 Å². The van der Waals surface area contributed by atoms with E-state index in [2.05, 4.69) is 0 Å². The molecule has 0 radical (unpaired) electrons. The summed E-state index contributed by atoms with van der Waals surface area (Å²) in [5.74, 6) is 0.745. The van der Waals surface area contributed by atoms with Crippen LogP contribution in [0.2, 0.25) is 5.02 Å². The first kappa shape index (κ1) is 15.6. The Hall–Kier alpha value is -1.80. The number of aryl methyl sites for hydroxylation is 1. The third-order valence-electron chi connectivity index (χ3n) is 3.25. The molecule has 0 saturated carbocycles. The van der Waals surface area contributed by atoms with Crippen LogP contribution in [0.4, 0.5) is 0 Å². The molecule has 0 unspecified atom stereocenters. The monoisotopic (exact) mass is 302 g/mol. The summed E-state index contributed by atoms with van der Waals surface area (Å²) in [5, 5.41) is 0.672. The molecular weight excluding hydrogens is 284 g/mol. The van der Waals surface area contributed by atoms with Gasteiger partial charge in [0.2, 0.25) is 0 Å². The maximum atomic E-state index is 12.2. The summed E-state index contributed by atoms with van der Waals surface area (Å²) in [6.45, 7) is 4.33. The lowest BCUT2D eigenvalue weighted by Gasteiger charge is -2.12. The quantitative estimate of drug-likeness (QED) is 0.685. The molecule has 21 heavy (non-hydrogen) atoms. The van der Waals surface area contributed by atoms with Crippen molar-refractivity contribution >= 4 is 17.4 Å². The summed E-state index contributed by atoms with van der Waals surface area (Å²) in [6.07, 6.45) is 1.36. The Labute approximate surface area is 130 Å². The van der Waals surface area contributed by atoms with Crippen molar-refractivity contribution < 1.29 is 9.53 Å². The molecule has 0 saturated heterocycles. The van der Waals surface area contributed by atoms with Crippen molar-refractivity contribution in [1.29, 1.82) is 0 Å². The number of halogens is 1. The highest BCUT2D eigenvalue weighted by molar-refractivity contribution is 6.31. The first-order chi connectivity index (χ1) is 10.1. The lowest BCUT2D eigenvalue weighted by atomic mass is 10.0. The van der Waals surface area contributed by atoms with Crippen molar-refractivity contribution in [3.05, 3.63) is 64.2 Å². The third kappa shape index (κ3) is 4.08. The number of rotatable bonds is 6. The number of hydrogen-bond donors (Lipinski definition) is 0. The van der Waals surface area contributed by atoms with Crippen molar-refractivity contribution in [2.24, 2.45) is 0 Å². The Kier molecular flexibility index (Phi) is 5.40. The number of ether oxygens (including phenoxy) is 1. The van der Waals surface area contributed by atoms with Crippen LogP contribution >= 0.6 is 11.6 Å². The van der Waals surface area contributed by atoms with E-state index in [9.17, 15) is 4.79 Å². The zero-order valence-corrected chi connectivity index (χ0v) is 13.1. The van der Waals surface area contributed by atoms with E-state index in [0.29, 0.717) is 29.4 Å². The van der Waals surface area contributed by atoms with Crippen LogP contribution in [0.25, 0.3) is 0 Å². The summed E-state index contributed by atoms with van der Waals surface area (Å²) in [5.41, 5.74) is 2.62. The normalized spacial score (nSPS) is 10.4. The summed E-state index contributed by atoms with van der Waals surface area (Å²) in [6, 6.07) is 13.2. The minimum atomic E-state index is 0.121. The number of Topliss-reactive ketones (excluding diaryl/α,β-unsaturated/α-hetero) is 1. The molecule has 0 heterocycles. The minimum absolute atomic E-state index is 0.121. The summed E-state index contributed by atoms with van der Waals surface area (Å²) in [7, 11) is 0. The number of carbonyl (C=O) groups excluding carboxylic acids is 1. The maximum absolute atomic E-state index is 12.2. The van der Waals surface area contributed by atoms with Gasteiger partial charge < -0.3 is 4.74 Å². The Morgan fingerprint density at radius 3 is 2.67 bits per heavy atom. The number of ketones is 1. The van der Waals surface area contributed by atoms with Gasteiger partial charge in [0.1, 0.15) is 12.4 Å². The number of benzene rings is 2. The van der Waals surface area contributed by atoms with E-state index in [0.717, 1.165) is 17.5 Å². The fourth-order valence-electron chi connectivity index (χ4n) is 2.12. The highest BCUT2D eigenvalue weighted by Gasteiger charge is 2.12. The molecule has 2 aromatic carbocycles. The van der Waals surface area contributed by atoms with Gasteiger partial charge >= 0.3 is 0 Å². The largest absolute Gasteiger partial charge is 0.488 e. The summed E-state index contributed by atoms with van der Waals surface area (Å²) >= 11 is 6.12. The number of carbonyl (C=O) groups is 1. The molecule has 2 nitrogen and oxygen atoms in total. The van der Waals surface area contributed by atoms with Crippen LogP contribution in [0.3, 0.4) is 0 Å². The molecule has 3 heteroatoms. The molecule has 2 aromatic rings. The van der Waals surface area contributed by atoms with Gasteiger partial charge in [-0.05, 0) is 31.5 Å². The van der Waals surface area contributed by atoms with Gasteiger partial charge in [0, 0.05) is 17.0 Å². The molecule has 2 rings (SSSR count). The zero-order chi connectivity index (χ0) is 15.2. The Balaban J connectivity index is 2.20. The van der Waals surface area contributed by atoms with Gasteiger partial charge in [0.25, 0.3) is 0 Å². The third-order valence-corrected chi connectivity index (χ3v) is 3.62. The maximum Gasteiger partial charge on any atom is 0.166 e. The summed E-state index contributed by atoms with van der Waals surface area (Å²) < 4.78 is 5.82. The van der Waals surface area contributed by atoms with Crippen LogP contribution in [-0.4, -0.2) is 5.78 Å². The van der Waals surface area contributed by atoms with Gasteiger partial charge in [-0.3, -0.25) is 4.79 Å². The molecule has 0 aliphatic carbocycles. The van der Waals surface area contributed by atoms with Gasteiger partial charge in [-0.15, -0.1) is 0 Å². The van der Waals surface area contributed by atoms with Crippen LogP contribution in [-0.2, 0) is 6.61 Å². The van der Waals surface area contributed by atoms with Crippen LogP contribution in [0, 0.1) is 6.92 Å². The molecule has 0 spiro atoms. The van der Waals surface area contributed by atoms with Crippen molar-refractivity contribution in [1.82, 2.24) is 0 Å². The van der Waals surface area contributed by atoms with E-state index in [-0.39, 0.29) is 5.78 Å². The summed E-state index contributed by atoms with van der Waals surface area (Å²) in [4.78, 5) is 12.2. The van der Waals surface area contributed by atoms with Gasteiger partial charge in [0.05, 0.1) is 5.56 Å². The van der Waals surface area contributed by atoms with Gasteiger partial charge in [-0.1, -0.05) is 48.4 Å². The van der Waals surface area contributed by atoms with Crippen molar-refractivity contribution in [2.45, 2.75) is 33.3 Å². The van der Waals surface area contributed by atoms with Gasteiger partial charge in [-0.25, -0.2) is 0 Å². The highest BCUT2D eigenvalue weighted by Crippen LogP contribution is 2.24. The topological polar surface area (TPSA) is 26.3 Å². The second kappa shape index (κ2) is 7.28. The van der Waals surface area contributed by atoms with E-state index in [4.69, 9.17) is 16.3 Å². The molecule has 0 aromatic heterocycles. The molecule has 0 N–H and O–H groups in total. The van der Waals surface area contributed by atoms with E-state index >= 15 is 0 Å². The first-order valence-corrected chi connectivity index (χ1v) is 7.49. The average molecular weight is 303 g/mol. The fraction of sp³-hybridized carbons (Fsp3) is 0.278. The lowest BCUT2D eigenvalue weighted by molar-refractivity contribution is 0.0977. The van der Waals surface area contributed by atoms with E-state index in [1.807, 2.05) is 56.3 Å². The second-order valence-electron chi connectivity index (χ2n) is 5.05. The van der Waals surface area contributed by atoms with Gasteiger partial charge in [-0.2, -0.15) is 0 Å². The molecule has 0 fully saturated rings. The lowest BCUT2D eigenvalue weighted by Crippen LogP contribution is -2.05. The molecule has 0 atom stereocenters. The molecule has 0 bridgehead atoms. The Bertz CT molecular complexity index is 635. The van der Waals surface area contributed by atoms with E-state index < -0.39 is 0 Å². The first-order valence-electron chi connectivity index (χ1n) is 7.12. The molecule has 110 valence electrons. The highest BCUT2D eigenvalue weighted by atomic mass is 35.5. The molecule has 0 amide bonds. The molecular formula is C18H19ClO2. The SMILES string of the molecule is CCCC(=O)c1cc(C)ccc1OCc1ccccc1Cl. The predicted octanol–water partition coefficient (Wildman–Crippen LogP) is 5.21. The van der Waals surface area contributed by atoms with E-state index in [1.54, 1.807) is 0 Å².